The summed E-state index contributed by atoms with van der Waals surface area (Å²) in [4.78, 5) is 18.8. The number of rotatable bonds is 5. The Hall–Kier alpha value is -1.58. The summed E-state index contributed by atoms with van der Waals surface area (Å²) < 4.78 is 0. The van der Waals surface area contributed by atoms with E-state index in [0.717, 1.165) is 30.9 Å². The maximum absolute atomic E-state index is 12.5. The fourth-order valence-electron chi connectivity index (χ4n) is 1.88. The molecule has 0 fully saturated rings. The molecule has 0 bridgehead atoms. The molecule has 0 aromatic carbocycles. The number of carbonyl (C=O) groups is 1. The second kappa shape index (κ2) is 6.73. The summed E-state index contributed by atoms with van der Waals surface area (Å²) in [6, 6.07) is 3.73. The number of amides is 1. The first-order valence-corrected chi connectivity index (χ1v) is 7.25. The Morgan fingerprint density at radius 1 is 1.35 bits per heavy atom. The molecule has 0 radical (unpaired) electrons. The number of nitrogens with one attached hydrogen (secondary N) is 1. The Balaban J connectivity index is 3.08. The lowest BCUT2D eigenvalue weighted by Gasteiger charge is -2.22. The van der Waals surface area contributed by atoms with Gasteiger partial charge in [0.25, 0.3) is 5.91 Å². The molecule has 4 nitrogen and oxygen atoms in total. The summed E-state index contributed by atoms with van der Waals surface area (Å²) in [6.07, 6.45) is 2.11. The van der Waals surface area contributed by atoms with Gasteiger partial charge < -0.3 is 10.2 Å². The minimum absolute atomic E-state index is 0.0582. The molecule has 0 spiro atoms. The Morgan fingerprint density at radius 3 is 2.50 bits per heavy atom. The second-order valence-electron chi connectivity index (χ2n) is 6.21. The fraction of sp³-hybridized carbons (Fsp3) is 0.625. The average molecular weight is 277 g/mol. The van der Waals surface area contributed by atoms with Gasteiger partial charge in [0, 0.05) is 37.3 Å². The van der Waals surface area contributed by atoms with Crippen LogP contribution in [-0.4, -0.2) is 36.4 Å². The molecule has 20 heavy (non-hydrogen) atoms. The van der Waals surface area contributed by atoms with Gasteiger partial charge in [-0.15, -0.1) is 0 Å². The van der Waals surface area contributed by atoms with Gasteiger partial charge in [-0.3, -0.25) is 4.79 Å². The van der Waals surface area contributed by atoms with Gasteiger partial charge in [-0.25, -0.2) is 4.98 Å². The first kappa shape index (κ1) is 16.5. The van der Waals surface area contributed by atoms with Crippen molar-refractivity contribution in [1.82, 2.24) is 9.88 Å². The highest BCUT2D eigenvalue weighted by Gasteiger charge is 2.20. The molecule has 0 saturated carbocycles. The van der Waals surface area contributed by atoms with Crippen LogP contribution in [0.5, 0.6) is 0 Å². The minimum atomic E-state index is -0.0795. The SMILES string of the molecule is CCCCN(C)C(=O)c1cc(NC)nc(C(C)(C)C)c1. The van der Waals surface area contributed by atoms with Crippen molar-refractivity contribution < 1.29 is 4.79 Å². The van der Waals surface area contributed by atoms with Crippen molar-refractivity contribution in [2.24, 2.45) is 0 Å². The Bertz CT molecular complexity index is 463. The lowest BCUT2D eigenvalue weighted by molar-refractivity contribution is 0.0793. The van der Waals surface area contributed by atoms with Crippen LogP contribution in [0.3, 0.4) is 0 Å². The van der Waals surface area contributed by atoms with Gasteiger partial charge >= 0.3 is 0 Å². The molecule has 0 aliphatic rings. The molecular formula is C16H27N3O. The molecule has 1 rings (SSSR count). The number of anilines is 1. The van der Waals surface area contributed by atoms with Crippen LogP contribution in [0.25, 0.3) is 0 Å². The third kappa shape index (κ3) is 4.22. The van der Waals surface area contributed by atoms with E-state index in [1.54, 1.807) is 4.90 Å². The predicted molar refractivity (Wildman–Crippen MR) is 84.4 cm³/mol. The van der Waals surface area contributed by atoms with Crippen LogP contribution in [0.15, 0.2) is 12.1 Å². The standard InChI is InChI=1S/C16H27N3O/c1-7-8-9-19(6)15(20)12-10-13(16(2,3)4)18-14(11-12)17-5/h10-11H,7-9H2,1-6H3,(H,17,18). The van der Waals surface area contributed by atoms with E-state index in [2.05, 4.69) is 38.0 Å². The van der Waals surface area contributed by atoms with Gasteiger partial charge in [0.2, 0.25) is 0 Å². The monoisotopic (exact) mass is 277 g/mol. The first-order chi connectivity index (χ1) is 9.29. The number of unbranched alkanes of at least 4 members (excludes halogenated alkanes) is 1. The molecule has 0 atom stereocenters. The van der Waals surface area contributed by atoms with Crippen LogP contribution < -0.4 is 5.32 Å². The average Bonchev–Trinajstić information content (AvgIpc) is 2.42. The van der Waals surface area contributed by atoms with Crippen molar-refractivity contribution in [2.75, 3.05) is 26.0 Å². The van der Waals surface area contributed by atoms with E-state index in [9.17, 15) is 4.79 Å². The summed E-state index contributed by atoms with van der Waals surface area (Å²) in [7, 11) is 3.68. The quantitative estimate of drug-likeness (QED) is 0.898. The highest BCUT2D eigenvalue weighted by atomic mass is 16.2. The van der Waals surface area contributed by atoms with Crippen molar-refractivity contribution in [3.8, 4) is 0 Å². The Labute approximate surface area is 122 Å². The van der Waals surface area contributed by atoms with Crippen LogP contribution in [0.4, 0.5) is 5.82 Å². The molecule has 1 N–H and O–H groups in total. The molecule has 4 heteroatoms. The molecular weight excluding hydrogens is 250 g/mol. The largest absolute Gasteiger partial charge is 0.373 e. The summed E-state index contributed by atoms with van der Waals surface area (Å²) >= 11 is 0. The van der Waals surface area contributed by atoms with E-state index in [-0.39, 0.29) is 11.3 Å². The Kier molecular flexibility index (Phi) is 5.54. The van der Waals surface area contributed by atoms with E-state index in [4.69, 9.17) is 0 Å². The molecule has 1 aromatic heterocycles. The number of aromatic nitrogens is 1. The zero-order chi connectivity index (χ0) is 15.3. The third-order valence-corrected chi connectivity index (χ3v) is 3.29. The van der Waals surface area contributed by atoms with Crippen LogP contribution in [0, 0.1) is 0 Å². The van der Waals surface area contributed by atoms with E-state index >= 15 is 0 Å². The molecule has 1 heterocycles. The summed E-state index contributed by atoms with van der Waals surface area (Å²) in [5.74, 6) is 0.799. The van der Waals surface area contributed by atoms with E-state index < -0.39 is 0 Å². The highest BCUT2D eigenvalue weighted by Crippen LogP contribution is 2.23. The Morgan fingerprint density at radius 2 is 2.00 bits per heavy atom. The number of hydrogen-bond donors (Lipinski definition) is 1. The molecule has 1 aromatic rings. The molecule has 0 aliphatic heterocycles. The van der Waals surface area contributed by atoms with E-state index in [1.807, 2.05) is 26.2 Å². The van der Waals surface area contributed by atoms with Gasteiger partial charge in [0.05, 0.1) is 0 Å². The molecule has 0 unspecified atom stereocenters. The molecule has 112 valence electrons. The summed E-state index contributed by atoms with van der Waals surface area (Å²) in [6.45, 7) is 9.22. The van der Waals surface area contributed by atoms with Gasteiger partial charge in [-0.1, -0.05) is 34.1 Å². The normalized spacial score (nSPS) is 11.3. The lowest BCUT2D eigenvalue weighted by Crippen LogP contribution is -2.28. The van der Waals surface area contributed by atoms with Crippen molar-refractivity contribution >= 4 is 11.7 Å². The van der Waals surface area contributed by atoms with Crippen molar-refractivity contribution in [1.29, 1.82) is 0 Å². The van der Waals surface area contributed by atoms with E-state index in [0.29, 0.717) is 5.56 Å². The minimum Gasteiger partial charge on any atom is -0.373 e. The fourth-order valence-corrected chi connectivity index (χ4v) is 1.88. The predicted octanol–water partition coefficient (Wildman–Crippen LogP) is 3.29. The second-order valence-corrected chi connectivity index (χ2v) is 6.21. The molecule has 0 aliphatic carbocycles. The number of hydrogen-bond acceptors (Lipinski definition) is 3. The number of pyridine rings is 1. The van der Waals surface area contributed by atoms with Gasteiger partial charge in [-0.05, 0) is 18.6 Å². The number of carbonyl (C=O) groups excluding carboxylic acids is 1. The molecule has 1 amide bonds. The van der Waals surface area contributed by atoms with E-state index in [1.165, 1.54) is 0 Å². The van der Waals surface area contributed by atoms with Gasteiger partial charge in [-0.2, -0.15) is 0 Å². The smallest absolute Gasteiger partial charge is 0.253 e. The zero-order valence-corrected chi connectivity index (χ0v) is 13.6. The first-order valence-electron chi connectivity index (χ1n) is 7.25. The maximum Gasteiger partial charge on any atom is 0.253 e. The van der Waals surface area contributed by atoms with Crippen LogP contribution in [0.1, 0.15) is 56.6 Å². The number of nitrogens with zero attached hydrogens (tertiary/aromatic N) is 2. The topological polar surface area (TPSA) is 45.2 Å². The van der Waals surface area contributed by atoms with Gasteiger partial charge in [0.15, 0.2) is 0 Å². The molecule has 0 saturated heterocycles. The summed E-state index contributed by atoms with van der Waals surface area (Å²) in [5.41, 5.74) is 1.55. The third-order valence-electron chi connectivity index (χ3n) is 3.29. The van der Waals surface area contributed by atoms with Crippen molar-refractivity contribution in [3.05, 3.63) is 23.4 Å². The van der Waals surface area contributed by atoms with Crippen LogP contribution in [-0.2, 0) is 5.41 Å². The highest BCUT2D eigenvalue weighted by molar-refractivity contribution is 5.94. The van der Waals surface area contributed by atoms with Crippen molar-refractivity contribution in [2.45, 2.75) is 46.0 Å². The lowest BCUT2D eigenvalue weighted by atomic mass is 9.90. The maximum atomic E-state index is 12.5. The van der Waals surface area contributed by atoms with Gasteiger partial charge in [0.1, 0.15) is 5.82 Å². The van der Waals surface area contributed by atoms with Crippen LogP contribution >= 0.6 is 0 Å². The van der Waals surface area contributed by atoms with Crippen LogP contribution in [0.2, 0.25) is 0 Å². The zero-order valence-electron chi connectivity index (χ0n) is 13.6. The summed E-state index contributed by atoms with van der Waals surface area (Å²) in [5, 5.41) is 3.03. The van der Waals surface area contributed by atoms with Crippen molar-refractivity contribution in [3.63, 3.8) is 0 Å².